The van der Waals surface area contributed by atoms with E-state index in [1.165, 1.54) is 14.2 Å². The van der Waals surface area contributed by atoms with Crippen molar-refractivity contribution >= 4 is 17.7 Å². The molecule has 0 aromatic carbocycles. The molecule has 5 nitrogen and oxygen atoms in total. The van der Waals surface area contributed by atoms with Gasteiger partial charge >= 0.3 is 11.9 Å². The van der Waals surface area contributed by atoms with E-state index in [1.807, 2.05) is 0 Å². The molecule has 27 heavy (non-hydrogen) atoms. The molecular weight excluding hydrogens is 344 g/mol. The molecule has 0 radical (unpaired) electrons. The van der Waals surface area contributed by atoms with Crippen LogP contribution in [0.1, 0.15) is 77.6 Å². The first-order valence-electron chi connectivity index (χ1n) is 10.3. The first-order valence-corrected chi connectivity index (χ1v) is 10.3. The van der Waals surface area contributed by atoms with Crippen LogP contribution in [-0.2, 0) is 23.9 Å². The summed E-state index contributed by atoms with van der Waals surface area (Å²) >= 11 is 0. The fraction of sp³-hybridized carbons (Fsp3) is 0.773. The van der Waals surface area contributed by atoms with E-state index >= 15 is 0 Å². The number of hydrogen-bond donors (Lipinski definition) is 0. The summed E-state index contributed by atoms with van der Waals surface area (Å²) in [5, 5.41) is 0. The Labute approximate surface area is 162 Å². The first kappa shape index (κ1) is 21.6. The molecule has 2 saturated carbocycles. The summed E-state index contributed by atoms with van der Waals surface area (Å²) in [6, 6.07) is 0. The van der Waals surface area contributed by atoms with E-state index in [9.17, 15) is 14.4 Å². The smallest absolute Gasteiger partial charge is 0.323 e. The number of Topliss-reactive ketones (excluding diaryl/α,β-unsaturated/α-hetero) is 1. The third kappa shape index (κ3) is 4.99. The molecule has 152 valence electrons. The van der Waals surface area contributed by atoms with Gasteiger partial charge in [-0.15, -0.1) is 0 Å². The van der Waals surface area contributed by atoms with E-state index < -0.39 is 17.4 Å². The van der Waals surface area contributed by atoms with Gasteiger partial charge in [-0.05, 0) is 62.7 Å². The lowest BCUT2D eigenvalue weighted by atomic mass is 9.67. The van der Waals surface area contributed by atoms with Gasteiger partial charge in [0, 0.05) is 12.8 Å². The molecule has 2 rings (SSSR count). The van der Waals surface area contributed by atoms with Crippen molar-refractivity contribution in [3.63, 3.8) is 0 Å². The summed E-state index contributed by atoms with van der Waals surface area (Å²) in [5.41, 5.74) is -1.44. The van der Waals surface area contributed by atoms with E-state index in [4.69, 9.17) is 9.47 Å². The van der Waals surface area contributed by atoms with Crippen molar-refractivity contribution < 1.29 is 23.9 Å². The van der Waals surface area contributed by atoms with E-state index in [0.717, 1.165) is 44.9 Å². The number of fused-ring (bicyclic) bond motifs is 1. The molecule has 0 aromatic heterocycles. The predicted octanol–water partition coefficient (Wildman–Crippen LogP) is 4.38. The van der Waals surface area contributed by atoms with E-state index in [1.54, 1.807) is 0 Å². The van der Waals surface area contributed by atoms with Gasteiger partial charge in [-0.2, -0.15) is 0 Å². The second kappa shape index (κ2) is 9.52. The maximum atomic E-state index is 12.5. The highest BCUT2D eigenvalue weighted by molar-refractivity contribution is 6.00. The Morgan fingerprint density at radius 3 is 2.37 bits per heavy atom. The van der Waals surface area contributed by atoms with Gasteiger partial charge in [-0.1, -0.05) is 25.5 Å². The molecule has 2 aliphatic carbocycles. The Kier molecular flexibility index (Phi) is 7.63. The minimum Gasteiger partial charge on any atom is -0.468 e. The predicted molar refractivity (Wildman–Crippen MR) is 103 cm³/mol. The number of ketones is 1. The van der Waals surface area contributed by atoms with Crippen LogP contribution in [0.5, 0.6) is 0 Å². The van der Waals surface area contributed by atoms with E-state index in [-0.39, 0.29) is 11.2 Å². The van der Waals surface area contributed by atoms with Crippen LogP contribution >= 0.6 is 0 Å². The number of carbonyl (C=O) groups excluding carboxylic acids is 3. The van der Waals surface area contributed by atoms with Crippen LogP contribution in [0.15, 0.2) is 12.2 Å². The molecule has 0 spiro atoms. The lowest BCUT2D eigenvalue weighted by Gasteiger charge is -2.36. The zero-order valence-electron chi connectivity index (χ0n) is 17.1. The van der Waals surface area contributed by atoms with Gasteiger partial charge in [0.15, 0.2) is 5.41 Å². The van der Waals surface area contributed by atoms with Crippen molar-refractivity contribution in [2.45, 2.75) is 77.6 Å². The number of hydrogen-bond acceptors (Lipinski definition) is 5. The van der Waals surface area contributed by atoms with Crippen molar-refractivity contribution in [2.75, 3.05) is 14.2 Å². The summed E-state index contributed by atoms with van der Waals surface area (Å²) in [4.78, 5) is 37.3. The molecule has 2 aliphatic rings. The topological polar surface area (TPSA) is 69.7 Å². The number of esters is 2. The van der Waals surface area contributed by atoms with Crippen molar-refractivity contribution in [1.82, 2.24) is 0 Å². The molecule has 0 bridgehead atoms. The van der Waals surface area contributed by atoms with Crippen LogP contribution in [0.3, 0.4) is 0 Å². The van der Waals surface area contributed by atoms with Crippen LogP contribution in [-0.4, -0.2) is 31.9 Å². The molecule has 5 heteroatoms. The third-order valence-electron chi connectivity index (χ3n) is 6.36. The average molecular weight is 379 g/mol. The van der Waals surface area contributed by atoms with Gasteiger partial charge in [0.2, 0.25) is 0 Å². The second-order valence-electron chi connectivity index (χ2n) is 8.24. The minimum absolute atomic E-state index is 0.207. The van der Waals surface area contributed by atoms with Crippen molar-refractivity contribution in [1.29, 1.82) is 0 Å². The molecule has 0 amide bonds. The Morgan fingerprint density at radius 1 is 1.04 bits per heavy atom. The number of rotatable bonds is 11. The van der Waals surface area contributed by atoms with Gasteiger partial charge in [-0.25, -0.2) is 0 Å². The fourth-order valence-corrected chi connectivity index (χ4v) is 4.79. The Balaban J connectivity index is 1.87. The molecule has 0 N–H and O–H groups in total. The monoisotopic (exact) mass is 378 g/mol. The molecule has 0 heterocycles. The maximum absolute atomic E-state index is 12.5. The van der Waals surface area contributed by atoms with E-state index in [2.05, 4.69) is 19.1 Å². The highest BCUT2D eigenvalue weighted by Gasteiger charge is 2.66. The highest BCUT2D eigenvalue weighted by Crippen LogP contribution is 2.68. The molecular formula is C22H34O5. The summed E-state index contributed by atoms with van der Waals surface area (Å²) in [7, 11) is 2.61. The van der Waals surface area contributed by atoms with Gasteiger partial charge in [0.25, 0.3) is 0 Å². The standard InChI is InChI=1S/C22H34O5/c1-4-5-6-7-8-9-10-11-18(23)15-21-14-17(21)12-13-22(16-21,19(24)26-2)20(25)27-3/h5-6,17H,4,7-16H2,1-3H3/b6-5-. The van der Waals surface area contributed by atoms with Crippen molar-refractivity contribution in [2.24, 2.45) is 16.7 Å². The zero-order chi connectivity index (χ0) is 19.9. The van der Waals surface area contributed by atoms with Crippen molar-refractivity contribution in [3.05, 3.63) is 12.2 Å². The lowest BCUT2D eigenvalue weighted by molar-refractivity contribution is -0.173. The second-order valence-corrected chi connectivity index (χ2v) is 8.24. The summed E-state index contributed by atoms with van der Waals surface area (Å²) in [5.74, 6) is -0.339. The quantitative estimate of drug-likeness (QED) is 0.231. The van der Waals surface area contributed by atoms with Crippen molar-refractivity contribution in [3.8, 4) is 0 Å². The Hall–Kier alpha value is -1.65. The number of carbonyl (C=O) groups is 3. The molecule has 0 aromatic rings. The van der Waals surface area contributed by atoms with Crippen LogP contribution in [0.4, 0.5) is 0 Å². The summed E-state index contributed by atoms with van der Waals surface area (Å²) in [6.07, 6.45) is 13.2. The number of allylic oxidation sites excluding steroid dienone is 2. The Morgan fingerprint density at radius 2 is 1.74 bits per heavy atom. The van der Waals surface area contributed by atoms with E-state index in [0.29, 0.717) is 31.6 Å². The molecule has 0 aliphatic heterocycles. The molecule has 2 atom stereocenters. The van der Waals surface area contributed by atoms with Crippen LogP contribution in [0.2, 0.25) is 0 Å². The number of unbranched alkanes of at least 4 members (excludes halogenated alkanes) is 3. The van der Waals surface area contributed by atoms with Crippen LogP contribution in [0.25, 0.3) is 0 Å². The fourth-order valence-electron chi connectivity index (χ4n) is 4.79. The summed E-state index contributed by atoms with van der Waals surface area (Å²) < 4.78 is 9.84. The lowest BCUT2D eigenvalue weighted by Crippen LogP contribution is -2.45. The SMILES string of the molecule is CC/C=C\CCCCCC(=O)CC12CC1CCC(C(=O)OC)(C(=O)OC)C2. The van der Waals surface area contributed by atoms with Gasteiger partial charge in [0.05, 0.1) is 14.2 Å². The van der Waals surface area contributed by atoms with Gasteiger partial charge < -0.3 is 9.47 Å². The zero-order valence-corrected chi connectivity index (χ0v) is 17.1. The summed E-state index contributed by atoms with van der Waals surface area (Å²) in [6.45, 7) is 2.13. The largest absolute Gasteiger partial charge is 0.468 e. The van der Waals surface area contributed by atoms with Crippen LogP contribution in [0, 0.1) is 16.7 Å². The van der Waals surface area contributed by atoms with Gasteiger partial charge in [-0.3, -0.25) is 14.4 Å². The number of methoxy groups -OCH3 is 2. The highest BCUT2D eigenvalue weighted by atomic mass is 16.5. The Bertz CT molecular complexity index is 563. The normalized spacial score (nSPS) is 25.7. The third-order valence-corrected chi connectivity index (χ3v) is 6.36. The average Bonchev–Trinajstić information content (AvgIpc) is 3.38. The minimum atomic E-state index is -1.23. The molecule has 0 saturated heterocycles. The number of ether oxygens (including phenoxy) is 2. The molecule has 2 fully saturated rings. The van der Waals surface area contributed by atoms with Crippen LogP contribution < -0.4 is 0 Å². The maximum Gasteiger partial charge on any atom is 0.323 e. The first-order chi connectivity index (χ1) is 12.9. The van der Waals surface area contributed by atoms with Gasteiger partial charge in [0.1, 0.15) is 5.78 Å². The molecule has 2 unspecified atom stereocenters.